The van der Waals surface area contributed by atoms with Crippen LogP contribution in [0, 0.1) is 0 Å². The summed E-state index contributed by atoms with van der Waals surface area (Å²) >= 11 is 0. The average Bonchev–Trinajstić information content (AvgIpc) is 3.05. The summed E-state index contributed by atoms with van der Waals surface area (Å²) in [4.78, 5) is 14.1. The number of nitrogens with two attached hydrogens (primary N) is 1. The van der Waals surface area contributed by atoms with E-state index in [1.807, 2.05) is 0 Å². The Kier molecular flexibility index (Phi) is 6.23. The van der Waals surface area contributed by atoms with Crippen molar-refractivity contribution in [2.45, 2.75) is 50.5 Å². The minimum Gasteiger partial charge on any atom is -0.383 e. The smallest absolute Gasteiger partial charge is 0.383 e. The van der Waals surface area contributed by atoms with Gasteiger partial charge >= 0.3 is 6.18 Å². The summed E-state index contributed by atoms with van der Waals surface area (Å²) in [6.07, 6.45) is -0.932. The maximum absolute atomic E-state index is 13.2. The molecule has 1 aliphatic carbocycles. The summed E-state index contributed by atoms with van der Waals surface area (Å²) in [7, 11) is 1.44. The SMILES string of the molecule is COCC(N)C(=O)N(Cc1ccccc1C(F)(F)F)C1CCCC1. The van der Waals surface area contributed by atoms with Gasteiger partial charge < -0.3 is 15.4 Å². The first-order chi connectivity index (χ1) is 11.3. The molecule has 0 radical (unpaired) electrons. The first-order valence-corrected chi connectivity index (χ1v) is 8.04. The molecule has 1 unspecified atom stereocenters. The van der Waals surface area contributed by atoms with Crippen LogP contribution >= 0.6 is 0 Å². The third kappa shape index (κ3) is 4.48. The van der Waals surface area contributed by atoms with Crippen molar-refractivity contribution in [3.05, 3.63) is 35.4 Å². The molecule has 24 heavy (non-hydrogen) atoms. The number of methoxy groups -OCH3 is 1. The van der Waals surface area contributed by atoms with E-state index >= 15 is 0 Å². The van der Waals surface area contributed by atoms with Gasteiger partial charge in [-0.2, -0.15) is 13.2 Å². The minimum atomic E-state index is -4.45. The fraction of sp³-hybridized carbons (Fsp3) is 0.588. The molecule has 2 N–H and O–H groups in total. The second-order valence-electron chi connectivity index (χ2n) is 6.12. The minimum absolute atomic E-state index is 0.0446. The molecule has 0 saturated heterocycles. The average molecular weight is 344 g/mol. The van der Waals surface area contributed by atoms with Gasteiger partial charge in [-0.05, 0) is 24.5 Å². The van der Waals surface area contributed by atoms with Gasteiger partial charge in [0.1, 0.15) is 6.04 Å². The van der Waals surface area contributed by atoms with Crippen LogP contribution in [-0.4, -0.2) is 36.6 Å². The lowest BCUT2D eigenvalue weighted by atomic mass is 10.0. The highest BCUT2D eigenvalue weighted by atomic mass is 19.4. The Balaban J connectivity index is 2.27. The molecular formula is C17H23F3N2O2. The third-order valence-corrected chi connectivity index (χ3v) is 4.38. The lowest BCUT2D eigenvalue weighted by Gasteiger charge is -2.32. The molecule has 1 aliphatic rings. The number of hydrogen-bond acceptors (Lipinski definition) is 3. The maximum atomic E-state index is 13.2. The van der Waals surface area contributed by atoms with Crippen LogP contribution in [-0.2, 0) is 22.3 Å². The first kappa shape index (κ1) is 18.7. The molecule has 0 bridgehead atoms. The Hall–Kier alpha value is -1.60. The molecule has 0 heterocycles. The second kappa shape index (κ2) is 7.98. The van der Waals surface area contributed by atoms with Gasteiger partial charge in [0.05, 0.1) is 12.2 Å². The highest BCUT2D eigenvalue weighted by molar-refractivity contribution is 5.82. The van der Waals surface area contributed by atoms with E-state index < -0.39 is 17.8 Å². The van der Waals surface area contributed by atoms with Crippen molar-refractivity contribution in [1.82, 2.24) is 4.90 Å². The van der Waals surface area contributed by atoms with E-state index in [4.69, 9.17) is 10.5 Å². The number of carbonyl (C=O) groups is 1. The molecule has 4 nitrogen and oxygen atoms in total. The zero-order chi connectivity index (χ0) is 17.7. The molecule has 1 amide bonds. The molecule has 0 aromatic heterocycles. The molecule has 1 aromatic carbocycles. The van der Waals surface area contributed by atoms with Crippen LogP contribution in [0.1, 0.15) is 36.8 Å². The number of ether oxygens (including phenoxy) is 1. The quantitative estimate of drug-likeness (QED) is 0.863. The van der Waals surface area contributed by atoms with Crippen LogP contribution in [0.2, 0.25) is 0 Å². The highest BCUT2D eigenvalue weighted by Gasteiger charge is 2.35. The van der Waals surface area contributed by atoms with Crippen LogP contribution in [0.4, 0.5) is 13.2 Å². The van der Waals surface area contributed by atoms with Crippen molar-refractivity contribution < 1.29 is 22.7 Å². The molecule has 1 saturated carbocycles. The van der Waals surface area contributed by atoms with Crippen LogP contribution in [0.5, 0.6) is 0 Å². The van der Waals surface area contributed by atoms with E-state index in [1.54, 1.807) is 6.07 Å². The van der Waals surface area contributed by atoms with Crippen molar-refractivity contribution in [3.63, 3.8) is 0 Å². The van der Waals surface area contributed by atoms with E-state index in [0.717, 1.165) is 31.7 Å². The fourth-order valence-electron chi connectivity index (χ4n) is 3.18. The number of benzene rings is 1. The molecule has 2 rings (SSSR count). The summed E-state index contributed by atoms with van der Waals surface area (Å²) in [5.41, 5.74) is 5.22. The van der Waals surface area contributed by atoms with Gasteiger partial charge in [0.15, 0.2) is 0 Å². The van der Waals surface area contributed by atoms with Crippen LogP contribution in [0.15, 0.2) is 24.3 Å². The fourth-order valence-corrected chi connectivity index (χ4v) is 3.18. The normalized spacial score (nSPS) is 17.0. The van der Waals surface area contributed by atoms with Gasteiger partial charge in [-0.15, -0.1) is 0 Å². The van der Waals surface area contributed by atoms with E-state index in [2.05, 4.69) is 0 Å². The summed E-state index contributed by atoms with van der Waals surface area (Å²) < 4.78 is 44.5. The van der Waals surface area contributed by atoms with Crippen LogP contribution in [0.3, 0.4) is 0 Å². The molecule has 0 spiro atoms. The lowest BCUT2D eigenvalue weighted by Crippen LogP contribution is -2.49. The maximum Gasteiger partial charge on any atom is 0.416 e. The number of rotatable bonds is 6. The van der Waals surface area contributed by atoms with Crippen molar-refractivity contribution in [2.24, 2.45) is 5.73 Å². The Morgan fingerprint density at radius 3 is 2.54 bits per heavy atom. The van der Waals surface area contributed by atoms with E-state index in [-0.39, 0.29) is 30.7 Å². The standard InChI is InChI=1S/C17H23F3N2O2/c1-24-11-15(21)16(23)22(13-7-3-4-8-13)10-12-6-2-5-9-14(12)17(18,19)20/h2,5-6,9,13,15H,3-4,7-8,10-11,21H2,1H3. The van der Waals surface area contributed by atoms with Crippen LogP contribution in [0.25, 0.3) is 0 Å². The summed E-state index contributed by atoms with van der Waals surface area (Å²) in [6, 6.07) is 4.43. The molecule has 134 valence electrons. The van der Waals surface area contributed by atoms with Crippen molar-refractivity contribution in [3.8, 4) is 0 Å². The van der Waals surface area contributed by atoms with Gasteiger partial charge in [-0.1, -0.05) is 31.0 Å². The molecule has 0 aliphatic heterocycles. The topological polar surface area (TPSA) is 55.6 Å². The van der Waals surface area contributed by atoms with E-state index in [1.165, 1.54) is 24.1 Å². The number of halogens is 3. The number of hydrogen-bond donors (Lipinski definition) is 1. The van der Waals surface area contributed by atoms with Gasteiger partial charge in [0, 0.05) is 19.7 Å². The molecular weight excluding hydrogens is 321 g/mol. The molecule has 1 fully saturated rings. The number of nitrogens with zero attached hydrogens (tertiary/aromatic N) is 1. The third-order valence-electron chi connectivity index (χ3n) is 4.38. The largest absolute Gasteiger partial charge is 0.416 e. The molecule has 7 heteroatoms. The van der Waals surface area contributed by atoms with Crippen molar-refractivity contribution >= 4 is 5.91 Å². The second-order valence-corrected chi connectivity index (χ2v) is 6.12. The lowest BCUT2D eigenvalue weighted by molar-refractivity contribution is -0.141. The van der Waals surface area contributed by atoms with Gasteiger partial charge in [-0.25, -0.2) is 0 Å². The molecule has 1 atom stereocenters. The predicted molar refractivity (Wildman–Crippen MR) is 84.1 cm³/mol. The van der Waals surface area contributed by atoms with Crippen molar-refractivity contribution in [1.29, 1.82) is 0 Å². The highest BCUT2D eigenvalue weighted by Crippen LogP contribution is 2.33. The Morgan fingerprint density at radius 1 is 1.33 bits per heavy atom. The zero-order valence-electron chi connectivity index (χ0n) is 13.7. The van der Waals surface area contributed by atoms with Gasteiger partial charge in [0.25, 0.3) is 0 Å². The number of alkyl halides is 3. The Morgan fingerprint density at radius 2 is 1.96 bits per heavy atom. The van der Waals surface area contributed by atoms with E-state index in [9.17, 15) is 18.0 Å². The van der Waals surface area contributed by atoms with E-state index in [0.29, 0.717) is 0 Å². The van der Waals surface area contributed by atoms with Gasteiger partial charge in [-0.3, -0.25) is 4.79 Å². The monoisotopic (exact) mass is 344 g/mol. The summed E-state index contributed by atoms with van der Waals surface area (Å²) in [5, 5.41) is 0. The van der Waals surface area contributed by atoms with Crippen LogP contribution < -0.4 is 5.73 Å². The Bertz CT molecular complexity index is 557. The molecule has 1 aromatic rings. The number of carbonyl (C=O) groups excluding carboxylic acids is 1. The number of amides is 1. The first-order valence-electron chi connectivity index (χ1n) is 8.04. The summed E-state index contributed by atoms with van der Waals surface area (Å²) in [6.45, 7) is -0.0421. The van der Waals surface area contributed by atoms with Crippen molar-refractivity contribution in [2.75, 3.05) is 13.7 Å². The Labute approximate surface area is 139 Å². The zero-order valence-corrected chi connectivity index (χ0v) is 13.7. The predicted octanol–water partition coefficient (Wildman–Crippen LogP) is 2.95. The summed E-state index contributed by atoms with van der Waals surface area (Å²) in [5.74, 6) is -0.360. The van der Waals surface area contributed by atoms with Gasteiger partial charge in [0.2, 0.25) is 5.91 Å².